The highest BCUT2D eigenvalue weighted by Crippen LogP contribution is 2.34. The Hall–Kier alpha value is -1.58. The van der Waals surface area contributed by atoms with E-state index < -0.39 is 6.16 Å². The summed E-state index contributed by atoms with van der Waals surface area (Å²) in [4.78, 5) is 10.4. The summed E-state index contributed by atoms with van der Waals surface area (Å²) in [5.74, 6) is 2.36. The third-order valence-corrected chi connectivity index (χ3v) is 8.16. The van der Waals surface area contributed by atoms with E-state index in [9.17, 15) is 9.18 Å². The Balaban J connectivity index is 0.000000283. The van der Waals surface area contributed by atoms with Crippen LogP contribution in [-0.4, -0.2) is 11.3 Å². The van der Waals surface area contributed by atoms with Crippen LogP contribution in [0.25, 0.3) is 0 Å². The Morgan fingerprint density at radius 1 is 0.829 bits per heavy atom. The maximum absolute atomic E-state index is 13.9. The van der Waals surface area contributed by atoms with Gasteiger partial charge in [-0.1, -0.05) is 129 Å². The molecule has 0 heterocycles. The largest absolute Gasteiger partial charge is 0.511 e. The van der Waals surface area contributed by atoms with Gasteiger partial charge in [0.2, 0.25) is 0 Å². The van der Waals surface area contributed by atoms with Crippen LogP contribution in [0.4, 0.5) is 9.18 Å². The number of halogens is 1. The summed E-state index contributed by atoms with van der Waals surface area (Å²) in [5.41, 5.74) is 0.647. The van der Waals surface area contributed by atoms with Crippen molar-refractivity contribution in [3.05, 3.63) is 29.6 Å². The number of rotatable bonds is 12. The molecule has 35 heavy (non-hydrogen) atoms. The second-order valence-electron chi connectivity index (χ2n) is 11.0. The van der Waals surface area contributed by atoms with Crippen molar-refractivity contribution in [3.8, 4) is 5.75 Å². The zero-order valence-corrected chi connectivity index (χ0v) is 22.5. The average molecular weight is 491 g/mol. The van der Waals surface area contributed by atoms with Gasteiger partial charge in [0.25, 0.3) is 0 Å². The third kappa shape index (κ3) is 12.8. The van der Waals surface area contributed by atoms with E-state index >= 15 is 0 Å². The van der Waals surface area contributed by atoms with E-state index in [2.05, 4.69) is 18.6 Å². The van der Waals surface area contributed by atoms with Gasteiger partial charge in [-0.05, 0) is 42.2 Å². The van der Waals surface area contributed by atoms with E-state index in [1.165, 1.54) is 115 Å². The van der Waals surface area contributed by atoms with Crippen LogP contribution in [0.2, 0.25) is 0 Å². The molecular formula is C31H51FO3. The van der Waals surface area contributed by atoms with Crippen molar-refractivity contribution in [3.63, 3.8) is 0 Å². The van der Waals surface area contributed by atoms with Crippen molar-refractivity contribution in [2.45, 2.75) is 136 Å². The van der Waals surface area contributed by atoms with Crippen molar-refractivity contribution in [2.24, 2.45) is 17.8 Å². The molecule has 1 aromatic carbocycles. The number of hydrogen-bond donors (Lipinski definition) is 1. The van der Waals surface area contributed by atoms with Crippen LogP contribution in [0.15, 0.2) is 18.2 Å². The second kappa shape index (κ2) is 17.8. The molecule has 1 N–H and O–H groups in total. The molecule has 4 heteroatoms. The van der Waals surface area contributed by atoms with Crippen molar-refractivity contribution in [1.82, 2.24) is 0 Å². The third-order valence-electron chi connectivity index (χ3n) is 8.16. The van der Waals surface area contributed by atoms with E-state index in [4.69, 9.17) is 5.11 Å². The minimum Gasteiger partial charge on any atom is -0.449 e. The molecule has 2 fully saturated rings. The zero-order valence-electron chi connectivity index (χ0n) is 22.5. The number of carbonyl (C=O) groups is 1. The first-order chi connectivity index (χ1) is 17.0. The van der Waals surface area contributed by atoms with Crippen LogP contribution in [0.3, 0.4) is 0 Å². The fourth-order valence-corrected chi connectivity index (χ4v) is 5.98. The second-order valence-corrected chi connectivity index (χ2v) is 11.0. The molecule has 2 aliphatic carbocycles. The van der Waals surface area contributed by atoms with Crippen LogP contribution >= 0.6 is 0 Å². The van der Waals surface area contributed by atoms with Crippen molar-refractivity contribution < 1.29 is 19.0 Å². The van der Waals surface area contributed by atoms with E-state index in [1.807, 2.05) is 0 Å². The number of hydrogen-bond acceptors (Lipinski definition) is 2. The molecule has 0 bridgehead atoms. The molecular weight excluding hydrogens is 439 g/mol. The van der Waals surface area contributed by atoms with Crippen molar-refractivity contribution in [2.75, 3.05) is 0 Å². The van der Waals surface area contributed by atoms with Gasteiger partial charge in [-0.25, -0.2) is 9.18 Å². The molecule has 3 nitrogen and oxygen atoms in total. The quantitative estimate of drug-likeness (QED) is 0.180. The highest BCUT2D eigenvalue weighted by molar-refractivity contribution is 5.61. The maximum atomic E-state index is 13.9. The molecule has 3 rings (SSSR count). The average Bonchev–Trinajstić information content (AvgIpc) is 2.85. The Morgan fingerprint density at radius 2 is 1.46 bits per heavy atom. The van der Waals surface area contributed by atoms with Gasteiger partial charge >= 0.3 is 6.16 Å². The highest BCUT2D eigenvalue weighted by atomic mass is 19.1. The smallest absolute Gasteiger partial charge is 0.449 e. The summed E-state index contributed by atoms with van der Waals surface area (Å²) in [5, 5.41) is 8.52. The molecule has 0 spiro atoms. The van der Waals surface area contributed by atoms with Crippen LogP contribution in [0.1, 0.15) is 135 Å². The fraction of sp³-hybridized carbons (Fsp3) is 0.774. The number of aryl methyl sites for hydroxylation is 1. The van der Waals surface area contributed by atoms with E-state index in [0.717, 1.165) is 24.3 Å². The Bertz CT molecular complexity index is 690. The highest BCUT2D eigenvalue weighted by Gasteiger charge is 2.21. The van der Waals surface area contributed by atoms with Crippen molar-refractivity contribution >= 4 is 6.16 Å². The molecule has 0 aliphatic heterocycles. The maximum Gasteiger partial charge on any atom is 0.511 e. The zero-order chi connectivity index (χ0) is 25.3. The molecule has 2 saturated carbocycles. The lowest BCUT2D eigenvalue weighted by Crippen LogP contribution is -2.15. The summed E-state index contributed by atoms with van der Waals surface area (Å²) in [6.45, 7) is 4.54. The van der Waals surface area contributed by atoms with Crippen LogP contribution < -0.4 is 4.74 Å². The lowest BCUT2D eigenvalue weighted by molar-refractivity contribution is 0.144. The van der Waals surface area contributed by atoms with Gasteiger partial charge in [-0.2, -0.15) is 0 Å². The fourth-order valence-electron chi connectivity index (χ4n) is 5.98. The van der Waals surface area contributed by atoms with Gasteiger partial charge in [0, 0.05) is 6.07 Å². The van der Waals surface area contributed by atoms with Crippen LogP contribution in [0.5, 0.6) is 5.75 Å². The summed E-state index contributed by atoms with van der Waals surface area (Å²) in [6.07, 6.45) is 24.5. The van der Waals surface area contributed by atoms with E-state index in [-0.39, 0.29) is 11.6 Å². The number of unbranched alkanes of at least 4 members (excludes halogenated alkanes) is 4. The standard InChI is InChI=1S/C18H25FO3.C13H26/c1-2-3-13-4-6-14(7-5-13)8-9-15-10-11-16(12-17(15)19)22-18(20)21;1-2-3-4-5-7-10-13-11-8-6-9-12-13/h10-14H,2-9H2,1H3,(H,20,21);13H,2-12H2,1H3/t13-,14-;. The first-order valence-corrected chi connectivity index (χ1v) is 14.7. The molecule has 1 aromatic rings. The monoisotopic (exact) mass is 490 g/mol. The predicted octanol–water partition coefficient (Wildman–Crippen LogP) is 10.3. The molecule has 0 atom stereocenters. The normalized spacial score (nSPS) is 20.7. The Labute approximate surface area is 214 Å². The summed E-state index contributed by atoms with van der Waals surface area (Å²) in [7, 11) is 0. The Kier molecular flexibility index (Phi) is 15.1. The molecule has 0 unspecified atom stereocenters. The summed E-state index contributed by atoms with van der Waals surface area (Å²) >= 11 is 0. The van der Waals surface area contributed by atoms with Gasteiger partial charge in [-0.15, -0.1) is 0 Å². The first-order valence-electron chi connectivity index (χ1n) is 14.7. The van der Waals surface area contributed by atoms with Crippen molar-refractivity contribution in [1.29, 1.82) is 0 Å². The van der Waals surface area contributed by atoms with Gasteiger partial charge in [0.1, 0.15) is 11.6 Å². The van der Waals surface area contributed by atoms with E-state index in [0.29, 0.717) is 17.9 Å². The molecule has 2 aliphatic rings. The number of ether oxygens (including phenoxy) is 1. The molecule has 200 valence electrons. The SMILES string of the molecule is CCCCCCCC1CCCCC1.CCC[C@H]1CC[C@H](CCc2ccc(OC(=O)O)cc2F)CC1. The minimum atomic E-state index is -1.42. The minimum absolute atomic E-state index is 0.0359. The first kappa shape index (κ1) is 29.6. The molecule has 0 radical (unpaired) electrons. The summed E-state index contributed by atoms with van der Waals surface area (Å²) < 4.78 is 18.4. The van der Waals surface area contributed by atoms with Gasteiger partial charge in [-0.3, -0.25) is 0 Å². The van der Waals surface area contributed by atoms with Gasteiger partial charge in [0.05, 0.1) is 0 Å². The molecule has 0 aromatic heterocycles. The summed E-state index contributed by atoms with van der Waals surface area (Å²) in [6, 6.07) is 4.31. The van der Waals surface area contributed by atoms with Crippen LogP contribution in [0, 0.1) is 23.6 Å². The lowest BCUT2D eigenvalue weighted by Gasteiger charge is -2.28. The topological polar surface area (TPSA) is 46.5 Å². The molecule has 0 amide bonds. The van der Waals surface area contributed by atoms with Gasteiger partial charge < -0.3 is 9.84 Å². The number of carboxylic acid groups (broad SMARTS) is 1. The number of benzene rings is 1. The molecule has 0 saturated heterocycles. The van der Waals surface area contributed by atoms with Gasteiger partial charge in [0.15, 0.2) is 0 Å². The predicted molar refractivity (Wildman–Crippen MR) is 144 cm³/mol. The van der Waals surface area contributed by atoms with E-state index in [1.54, 1.807) is 6.07 Å². The Morgan fingerprint density at radius 3 is 2.06 bits per heavy atom. The lowest BCUT2D eigenvalue weighted by atomic mass is 9.78. The van der Waals surface area contributed by atoms with Crippen LogP contribution in [-0.2, 0) is 6.42 Å².